The minimum Gasteiger partial charge on any atom is -0.497 e. The van der Waals surface area contributed by atoms with Gasteiger partial charge >= 0.3 is 0 Å². The molecule has 1 aromatic rings. The number of amides is 2. The number of ether oxygens (including phenoxy) is 1. The van der Waals surface area contributed by atoms with E-state index in [0.717, 1.165) is 43.7 Å². The first-order valence-corrected chi connectivity index (χ1v) is 9.48. The van der Waals surface area contributed by atoms with Gasteiger partial charge in [-0.05, 0) is 37.0 Å². The Morgan fingerprint density at radius 1 is 1.12 bits per heavy atom. The van der Waals surface area contributed by atoms with Crippen LogP contribution in [0.2, 0.25) is 0 Å². The zero-order valence-corrected chi connectivity index (χ0v) is 16.4. The molecule has 2 amide bonds. The number of likely N-dealkylation sites (tertiary alicyclic amines) is 2. The molecule has 142 valence electrons. The number of nitrogens with zero attached hydrogens (tertiary/aromatic N) is 2. The summed E-state index contributed by atoms with van der Waals surface area (Å²) in [7, 11) is 1.65. The Bertz CT molecular complexity index is 667. The smallest absolute Gasteiger partial charge is 0.227 e. The van der Waals surface area contributed by atoms with Crippen LogP contribution in [-0.2, 0) is 16.1 Å². The highest BCUT2D eigenvalue weighted by atomic mass is 16.5. The lowest BCUT2D eigenvalue weighted by atomic mass is 9.83. The predicted molar refractivity (Wildman–Crippen MR) is 101 cm³/mol. The summed E-state index contributed by atoms with van der Waals surface area (Å²) < 4.78 is 5.21. The minimum atomic E-state index is -0.348. The molecule has 2 heterocycles. The van der Waals surface area contributed by atoms with E-state index < -0.39 is 0 Å². The van der Waals surface area contributed by atoms with Crippen LogP contribution < -0.4 is 4.74 Å². The molecule has 0 atom stereocenters. The maximum Gasteiger partial charge on any atom is 0.227 e. The number of methoxy groups -OCH3 is 1. The number of carbonyl (C=O) groups excluding carboxylic acids is 2. The van der Waals surface area contributed by atoms with Crippen molar-refractivity contribution in [1.29, 1.82) is 0 Å². The average molecular weight is 358 g/mol. The molecule has 26 heavy (non-hydrogen) atoms. The van der Waals surface area contributed by atoms with Crippen LogP contribution in [0.1, 0.15) is 52.0 Å². The molecule has 5 heteroatoms. The third kappa shape index (κ3) is 3.57. The highest BCUT2D eigenvalue weighted by molar-refractivity contribution is 5.82. The molecule has 0 aromatic heterocycles. The molecule has 0 aliphatic carbocycles. The van der Waals surface area contributed by atoms with Crippen LogP contribution in [0, 0.1) is 5.41 Å². The van der Waals surface area contributed by atoms with Crippen LogP contribution in [0.3, 0.4) is 0 Å². The van der Waals surface area contributed by atoms with E-state index >= 15 is 0 Å². The van der Waals surface area contributed by atoms with Crippen LogP contribution >= 0.6 is 0 Å². The first-order chi connectivity index (χ1) is 12.2. The monoisotopic (exact) mass is 358 g/mol. The number of rotatable bonds is 3. The van der Waals surface area contributed by atoms with Crippen LogP contribution in [0.4, 0.5) is 0 Å². The molecule has 1 aromatic carbocycles. The van der Waals surface area contributed by atoms with Crippen LogP contribution in [0.15, 0.2) is 24.3 Å². The zero-order chi connectivity index (χ0) is 18.9. The normalized spacial score (nSPS) is 19.9. The summed E-state index contributed by atoms with van der Waals surface area (Å²) in [6.45, 7) is 8.01. The zero-order valence-electron chi connectivity index (χ0n) is 16.4. The number of piperidine rings is 1. The lowest BCUT2D eigenvalue weighted by molar-refractivity contribution is -0.143. The molecule has 0 N–H and O–H groups in total. The van der Waals surface area contributed by atoms with Gasteiger partial charge in [0.15, 0.2) is 0 Å². The van der Waals surface area contributed by atoms with E-state index in [1.807, 2.05) is 49.9 Å². The fourth-order valence-electron chi connectivity index (χ4n) is 4.16. The molecule has 5 nitrogen and oxygen atoms in total. The first-order valence-electron chi connectivity index (χ1n) is 9.48. The Morgan fingerprint density at radius 3 is 2.27 bits per heavy atom. The van der Waals surface area contributed by atoms with Gasteiger partial charge < -0.3 is 14.5 Å². The fourth-order valence-corrected chi connectivity index (χ4v) is 4.16. The highest BCUT2D eigenvalue weighted by Crippen LogP contribution is 2.40. The summed E-state index contributed by atoms with van der Waals surface area (Å²) in [5.41, 5.74) is 0.679. The van der Waals surface area contributed by atoms with Gasteiger partial charge in [-0.3, -0.25) is 9.59 Å². The summed E-state index contributed by atoms with van der Waals surface area (Å²) in [5.74, 6) is 1.26. The third-order valence-electron chi connectivity index (χ3n) is 5.80. The number of carbonyl (C=O) groups is 2. The minimum absolute atomic E-state index is 0.0916. The summed E-state index contributed by atoms with van der Waals surface area (Å²) in [5, 5.41) is 0. The van der Waals surface area contributed by atoms with Crippen molar-refractivity contribution in [3.63, 3.8) is 0 Å². The van der Waals surface area contributed by atoms with Gasteiger partial charge in [-0.1, -0.05) is 32.9 Å². The molecule has 0 bridgehead atoms. The largest absolute Gasteiger partial charge is 0.497 e. The van der Waals surface area contributed by atoms with Crippen molar-refractivity contribution in [3.8, 4) is 5.75 Å². The molecular formula is C21H30N2O3. The standard InChI is InChI=1S/C21H30N2O3/c1-20(2,3)19(25)22-13-11-21(12-14-22)10-9-18(24)23(21)15-16-5-7-17(26-4)8-6-16/h5-8H,9-15H2,1-4H3. The van der Waals surface area contributed by atoms with Crippen molar-refractivity contribution >= 4 is 11.8 Å². The van der Waals surface area contributed by atoms with Crippen molar-refractivity contribution in [3.05, 3.63) is 29.8 Å². The van der Waals surface area contributed by atoms with Gasteiger partial charge in [-0.15, -0.1) is 0 Å². The second kappa shape index (κ2) is 6.93. The van der Waals surface area contributed by atoms with E-state index in [1.165, 1.54) is 0 Å². The summed E-state index contributed by atoms with van der Waals surface area (Å²) in [4.78, 5) is 29.2. The topological polar surface area (TPSA) is 49.9 Å². The van der Waals surface area contributed by atoms with Crippen molar-refractivity contribution in [2.24, 2.45) is 5.41 Å². The van der Waals surface area contributed by atoms with Gasteiger partial charge in [0.05, 0.1) is 7.11 Å². The van der Waals surface area contributed by atoms with Crippen LogP contribution in [-0.4, -0.2) is 47.4 Å². The second-order valence-corrected chi connectivity index (χ2v) is 8.59. The van der Waals surface area contributed by atoms with Gasteiger partial charge in [-0.2, -0.15) is 0 Å². The molecular weight excluding hydrogens is 328 g/mol. The van der Waals surface area contributed by atoms with Gasteiger partial charge in [0.1, 0.15) is 5.75 Å². The van der Waals surface area contributed by atoms with Crippen LogP contribution in [0.25, 0.3) is 0 Å². The molecule has 0 unspecified atom stereocenters. The summed E-state index contributed by atoms with van der Waals surface area (Å²) in [6, 6.07) is 7.92. The maximum absolute atomic E-state index is 12.6. The first kappa shape index (κ1) is 18.7. The molecule has 2 aliphatic rings. The Kier molecular flexibility index (Phi) is 5.00. The second-order valence-electron chi connectivity index (χ2n) is 8.59. The van der Waals surface area contributed by atoms with E-state index in [4.69, 9.17) is 4.74 Å². The summed E-state index contributed by atoms with van der Waals surface area (Å²) >= 11 is 0. The van der Waals surface area contributed by atoms with Crippen molar-refractivity contribution in [1.82, 2.24) is 9.80 Å². The molecule has 2 saturated heterocycles. The van der Waals surface area contributed by atoms with E-state index in [9.17, 15) is 9.59 Å². The Morgan fingerprint density at radius 2 is 1.73 bits per heavy atom. The van der Waals surface area contributed by atoms with E-state index in [-0.39, 0.29) is 22.8 Å². The van der Waals surface area contributed by atoms with E-state index in [2.05, 4.69) is 4.90 Å². The van der Waals surface area contributed by atoms with Gasteiger partial charge in [0.2, 0.25) is 11.8 Å². The van der Waals surface area contributed by atoms with E-state index in [1.54, 1.807) is 7.11 Å². The molecule has 2 aliphatic heterocycles. The predicted octanol–water partition coefficient (Wildman–Crippen LogP) is 3.22. The quantitative estimate of drug-likeness (QED) is 0.833. The fraction of sp³-hybridized carbons (Fsp3) is 0.619. The molecule has 2 fully saturated rings. The van der Waals surface area contributed by atoms with Crippen molar-refractivity contribution < 1.29 is 14.3 Å². The molecule has 3 rings (SSSR count). The Hall–Kier alpha value is -2.04. The van der Waals surface area contributed by atoms with Gasteiger partial charge in [0, 0.05) is 37.0 Å². The Balaban J connectivity index is 1.70. The third-order valence-corrected chi connectivity index (χ3v) is 5.80. The Labute approximate surface area is 156 Å². The van der Waals surface area contributed by atoms with E-state index in [0.29, 0.717) is 13.0 Å². The van der Waals surface area contributed by atoms with Gasteiger partial charge in [-0.25, -0.2) is 0 Å². The van der Waals surface area contributed by atoms with Crippen molar-refractivity contribution in [2.45, 2.75) is 58.5 Å². The number of hydrogen-bond acceptors (Lipinski definition) is 3. The summed E-state index contributed by atoms with van der Waals surface area (Å²) in [6.07, 6.45) is 3.26. The molecule has 0 radical (unpaired) electrons. The number of benzene rings is 1. The highest BCUT2D eigenvalue weighted by Gasteiger charge is 2.47. The van der Waals surface area contributed by atoms with Crippen molar-refractivity contribution in [2.75, 3.05) is 20.2 Å². The lowest BCUT2D eigenvalue weighted by Gasteiger charge is -2.46. The molecule has 1 spiro atoms. The SMILES string of the molecule is COc1ccc(CN2C(=O)CCC23CCN(C(=O)C(C)(C)C)CC3)cc1. The molecule has 0 saturated carbocycles. The van der Waals surface area contributed by atoms with Gasteiger partial charge in [0.25, 0.3) is 0 Å². The average Bonchev–Trinajstić information content (AvgIpc) is 2.91. The number of hydrogen-bond donors (Lipinski definition) is 0. The maximum atomic E-state index is 12.6. The van der Waals surface area contributed by atoms with Crippen LogP contribution in [0.5, 0.6) is 5.75 Å². The lowest BCUT2D eigenvalue weighted by Crippen LogP contribution is -2.55.